The molecule has 3 heteroatoms. The van der Waals surface area contributed by atoms with E-state index in [0.29, 0.717) is 13.0 Å². The van der Waals surface area contributed by atoms with Crippen molar-refractivity contribution in [2.45, 2.75) is 23.0 Å². The number of hydrogen-bond donors (Lipinski definition) is 0. The number of esters is 1. The van der Waals surface area contributed by atoms with Gasteiger partial charge in [0.05, 0.1) is 11.2 Å². The number of carbonyl (C=O) groups excluding carboxylic acids is 1. The minimum Gasteiger partial charge on any atom is -0.464 e. The Morgan fingerprint density at radius 1 is 1.36 bits per heavy atom. The van der Waals surface area contributed by atoms with Gasteiger partial charge in [-0.15, -0.1) is 11.8 Å². The summed E-state index contributed by atoms with van der Waals surface area (Å²) in [6, 6.07) is 10.1. The fraction of sp³-hybridized carbons (Fsp3) is 0.364. The molecule has 0 radical (unpaired) electrons. The first kappa shape index (κ1) is 9.59. The van der Waals surface area contributed by atoms with Gasteiger partial charge in [-0.1, -0.05) is 18.2 Å². The Hall–Kier alpha value is -0.960. The summed E-state index contributed by atoms with van der Waals surface area (Å²) in [6.07, 6.45) is 0.507. The van der Waals surface area contributed by atoms with E-state index in [-0.39, 0.29) is 10.7 Å². The third-order valence-corrected chi connectivity index (χ3v) is 3.43. The SMILES string of the molecule is CC1(Sc2ccccc2)COC(=O)C1. The van der Waals surface area contributed by atoms with Crippen LogP contribution in [0, 0.1) is 0 Å². The molecule has 1 unspecified atom stereocenters. The van der Waals surface area contributed by atoms with Crippen LogP contribution in [0.3, 0.4) is 0 Å². The van der Waals surface area contributed by atoms with Gasteiger partial charge < -0.3 is 4.74 Å². The maximum atomic E-state index is 11.0. The Morgan fingerprint density at radius 3 is 2.64 bits per heavy atom. The lowest BCUT2D eigenvalue weighted by atomic mass is 10.1. The first-order valence-corrected chi connectivity index (χ1v) is 5.39. The van der Waals surface area contributed by atoms with E-state index in [1.54, 1.807) is 11.8 Å². The number of carbonyl (C=O) groups is 1. The molecule has 0 saturated carbocycles. The fourth-order valence-corrected chi connectivity index (χ4v) is 2.65. The molecule has 0 aliphatic carbocycles. The second kappa shape index (κ2) is 3.65. The standard InChI is InChI=1S/C11H12O2S/c1-11(7-10(12)13-8-11)14-9-5-3-2-4-6-9/h2-6H,7-8H2,1H3. The Labute approximate surface area is 87.6 Å². The zero-order valence-electron chi connectivity index (χ0n) is 8.03. The van der Waals surface area contributed by atoms with Gasteiger partial charge in [-0.2, -0.15) is 0 Å². The molecule has 1 aromatic carbocycles. The molecule has 1 atom stereocenters. The predicted octanol–water partition coefficient (Wildman–Crippen LogP) is 2.48. The summed E-state index contributed by atoms with van der Waals surface area (Å²) >= 11 is 1.71. The van der Waals surface area contributed by atoms with Crippen molar-refractivity contribution in [1.82, 2.24) is 0 Å². The second-order valence-corrected chi connectivity index (χ2v) is 5.36. The van der Waals surface area contributed by atoms with Gasteiger partial charge in [-0.25, -0.2) is 0 Å². The summed E-state index contributed by atoms with van der Waals surface area (Å²) in [4.78, 5) is 12.2. The zero-order chi connectivity index (χ0) is 10.0. The molecule has 0 bridgehead atoms. The van der Waals surface area contributed by atoms with E-state index >= 15 is 0 Å². The lowest BCUT2D eigenvalue weighted by Gasteiger charge is -2.18. The van der Waals surface area contributed by atoms with Crippen molar-refractivity contribution in [3.8, 4) is 0 Å². The smallest absolute Gasteiger partial charge is 0.307 e. The highest BCUT2D eigenvalue weighted by atomic mass is 32.2. The number of rotatable bonds is 2. The molecule has 1 aliphatic heterocycles. The van der Waals surface area contributed by atoms with Crippen molar-refractivity contribution >= 4 is 17.7 Å². The summed E-state index contributed by atoms with van der Waals surface area (Å²) in [5.74, 6) is -0.0871. The van der Waals surface area contributed by atoms with Gasteiger partial charge in [0.2, 0.25) is 0 Å². The van der Waals surface area contributed by atoms with Crippen molar-refractivity contribution in [1.29, 1.82) is 0 Å². The van der Waals surface area contributed by atoms with Gasteiger partial charge in [0, 0.05) is 4.90 Å². The molecule has 1 aliphatic rings. The first-order chi connectivity index (χ1) is 6.68. The number of hydrogen-bond acceptors (Lipinski definition) is 3. The molecule has 1 fully saturated rings. The highest BCUT2D eigenvalue weighted by molar-refractivity contribution is 8.00. The molecule has 14 heavy (non-hydrogen) atoms. The number of thioether (sulfide) groups is 1. The van der Waals surface area contributed by atoms with E-state index in [9.17, 15) is 4.79 Å². The molecule has 2 rings (SSSR count). The predicted molar refractivity (Wildman–Crippen MR) is 56.3 cm³/mol. The molecule has 1 heterocycles. The van der Waals surface area contributed by atoms with Crippen LogP contribution in [0.25, 0.3) is 0 Å². The average Bonchev–Trinajstić information content (AvgIpc) is 2.47. The molecule has 74 valence electrons. The molecular weight excluding hydrogens is 196 g/mol. The summed E-state index contributed by atoms with van der Waals surface area (Å²) in [6.45, 7) is 2.58. The minimum atomic E-state index is -0.0871. The van der Waals surface area contributed by atoms with Gasteiger partial charge >= 0.3 is 5.97 Å². The first-order valence-electron chi connectivity index (χ1n) is 4.58. The molecule has 0 spiro atoms. The summed E-state index contributed by atoms with van der Waals surface area (Å²) in [5.41, 5.74) is 0. The van der Waals surface area contributed by atoms with Crippen molar-refractivity contribution < 1.29 is 9.53 Å². The molecule has 1 saturated heterocycles. The summed E-state index contributed by atoms with van der Waals surface area (Å²) in [5, 5.41) is 0. The topological polar surface area (TPSA) is 26.3 Å². The van der Waals surface area contributed by atoms with Crippen LogP contribution < -0.4 is 0 Å². The van der Waals surface area contributed by atoms with Crippen LogP contribution in [-0.2, 0) is 9.53 Å². The fourth-order valence-electron chi connectivity index (χ4n) is 1.48. The van der Waals surface area contributed by atoms with Crippen LogP contribution in [0.15, 0.2) is 35.2 Å². The third kappa shape index (κ3) is 2.10. The second-order valence-electron chi connectivity index (χ2n) is 3.70. The molecule has 0 aromatic heterocycles. The van der Waals surface area contributed by atoms with Crippen LogP contribution in [-0.4, -0.2) is 17.3 Å². The van der Waals surface area contributed by atoms with Crippen molar-refractivity contribution in [3.63, 3.8) is 0 Å². The van der Waals surface area contributed by atoms with Gasteiger partial charge in [0.15, 0.2) is 0 Å². The van der Waals surface area contributed by atoms with Crippen LogP contribution in [0.1, 0.15) is 13.3 Å². The maximum absolute atomic E-state index is 11.0. The molecule has 2 nitrogen and oxygen atoms in total. The maximum Gasteiger partial charge on any atom is 0.307 e. The van der Waals surface area contributed by atoms with E-state index in [4.69, 9.17) is 4.74 Å². The average molecular weight is 208 g/mol. The Bertz CT molecular complexity index is 336. The number of cyclic esters (lactones) is 1. The zero-order valence-corrected chi connectivity index (χ0v) is 8.84. The quantitative estimate of drug-likeness (QED) is 0.698. The third-order valence-electron chi connectivity index (χ3n) is 2.16. The number of ether oxygens (including phenoxy) is 1. The van der Waals surface area contributed by atoms with Crippen LogP contribution in [0.4, 0.5) is 0 Å². The van der Waals surface area contributed by atoms with E-state index in [1.807, 2.05) is 18.2 Å². The van der Waals surface area contributed by atoms with Crippen LogP contribution in [0.5, 0.6) is 0 Å². The monoisotopic (exact) mass is 208 g/mol. The summed E-state index contributed by atoms with van der Waals surface area (Å²) < 4.78 is 4.90. The lowest BCUT2D eigenvalue weighted by molar-refractivity contribution is -0.137. The Kier molecular flexibility index (Phi) is 2.50. The normalized spacial score (nSPS) is 26.2. The van der Waals surface area contributed by atoms with Crippen molar-refractivity contribution in [2.75, 3.05) is 6.61 Å². The Balaban J connectivity index is 2.08. The molecule has 0 amide bonds. The van der Waals surface area contributed by atoms with E-state index < -0.39 is 0 Å². The van der Waals surface area contributed by atoms with Crippen molar-refractivity contribution in [2.24, 2.45) is 0 Å². The van der Waals surface area contributed by atoms with Crippen molar-refractivity contribution in [3.05, 3.63) is 30.3 Å². The molecular formula is C11H12O2S. The van der Waals surface area contributed by atoms with E-state index in [2.05, 4.69) is 19.1 Å². The van der Waals surface area contributed by atoms with Crippen LogP contribution >= 0.6 is 11.8 Å². The van der Waals surface area contributed by atoms with Gasteiger partial charge in [-0.05, 0) is 19.1 Å². The minimum absolute atomic E-state index is 0.0849. The molecule has 1 aromatic rings. The number of benzene rings is 1. The van der Waals surface area contributed by atoms with Gasteiger partial charge in [0.1, 0.15) is 6.61 Å². The van der Waals surface area contributed by atoms with Gasteiger partial charge in [-0.3, -0.25) is 4.79 Å². The highest BCUT2D eigenvalue weighted by Gasteiger charge is 2.36. The largest absolute Gasteiger partial charge is 0.464 e. The van der Waals surface area contributed by atoms with Gasteiger partial charge in [0.25, 0.3) is 0 Å². The van der Waals surface area contributed by atoms with E-state index in [1.165, 1.54) is 4.90 Å². The van der Waals surface area contributed by atoms with Crippen LogP contribution in [0.2, 0.25) is 0 Å². The van der Waals surface area contributed by atoms with E-state index in [0.717, 1.165) is 0 Å². The lowest BCUT2D eigenvalue weighted by Crippen LogP contribution is -2.19. The highest BCUT2D eigenvalue weighted by Crippen LogP contribution is 2.38. The Morgan fingerprint density at radius 2 is 2.07 bits per heavy atom. The summed E-state index contributed by atoms with van der Waals surface area (Å²) in [7, 11) is 0. The molecule has 0 N–H and O–H groups in total.